The van der Waals surface area contributed by atoms with Crippen molar-refractivity contribution in [2.75, 3.05) is 12.3 Å². The number of esters is 1. The predicted octanol–water partition coefficient (Wildman–Crippen LogP) is -0.804. The van der Waals surface area contributed by atoms with Crippen LogP contribution in [0.4, 0.5) is 5.82 Å². The monoisotopic (exact) mass is 431 g/mol. The Bertz CT molecular complexity index is 1040. The normalized spacial score (nSPS) is 26.1. The molecule has 1 aliphatic heterocycles. The molecule has 31 heavy (non-hydrogen) atoms. The highest BCUT2D eigenvalue weighted by molar-refractivity contribution is 5.76. The largest absolute Gasteiger partial charge is 0.461 e. The van der Waals surface area contributed by atoms with Gasteiger partial charge in [0.25, 0.3) is 0 Å². The van der Waals surface area contributed by atoms with Gasteiger partial charge in [0.15, 0.2) is 6.23 Å². The fraction of sp³-hybridized carbons (Fsp3) is 0.389. The van der Waals surface area contributed by atoms with Gasteiger partial charge < -0.3 is 31.2 Å². The minimum Gasteiger partial charge on any atom is -0.461 e. The Kier molecular flexibility index (Phi) is 6.53. The van der Waals surface area contributed by atoms with Gasteiger partial charge in [0.05, 0.1) is 0 Å². The van der Waals surface area contributed by atoms with E-state index in [1.165, 1.54) is 12.3 Å². The minimum atomic E-state index is -2.19. The van der Waals surface area contributed by atoms with Crippen molar-refractivity contribution in [2.24, 2.45) is 10.8 Å². The summed E-state index contributed by atoms with van der Waals surface area (Å²) in [5, 5.41) is 24.3. The Morgan fingerprint density at radius 1 is 1.39 bits per heavy atom. The van der Waals surface area contributed by atoms with Crippen LogP contribution in [0.2, 0.25) is 0 Å². The molecule has 13 nitrogen and oxygen atoms in total. The number of benzene rings is 1. The van der Waals surface area contributed by atoms with Gasteiger partial charge in [-0.15, -0.1) is 0 Å². The lowest BCUT2D eigenvalue weighted by Gasteiger charge is -2.26. The molecular weight excluding hydrogens is 410 g/mol. The van der Waals surface area contributed by atoms with E-state index in [4.69, 9.17) is 26.5 Å². The van der Waals surface area contributed by atoms with Gasteiger partial charge in [-0.25, -0.2) is 4.79 Å². The highest BCUT2D eigenvalue weighted by Gasteiger charge is 2.56. The van der Waals surface area contributed by atoms with Gasteiger partial charge in [0.1, 0.15) is 30.7 Å². The summed E-state index contributed by atoms with van der Waals surface area (Å²) in [4.78, 5) is 30.5. The summed E-state index contributed by atoms with van der Waals surface area (Å²) in [5.74, 6) is -0.895. The molecule has 0 aliphatic carbocycles. The molecule has 5 atom stereocenters. The fourth-order valence-corrected chi connectivity index (χ4v) is 3.15. The second kappa shape index (κ2) is 9.12. The van der Waals surface area contributed by atoms with Gasteiger partial charge in [0.2, 0.25) is 5.72 Å². The SMILES string of the molecule is [N-]=[N+]=N[C@]1(COC(=O)C(N)Cc2ccccc2)OC(n2ccc(N)nc2=O)[C@H](O)[C@@H]1O. The maximum absolute atomic E-state index is 12.3. The Morgan fingerprint density at radius 3 is 2.74 bits per heavy atom. The molecule has 1 fully saturated rings. The molecule has 1 saturated heterocycles. The van der Waals surface area contributed by atoms with E-state index < -0.39 is 48.5 Å². The first-order chi connectivity index (χ1) is 14.8. The summed E-state index contributed by atoms with van der Waals surface area (Å²) >= 11 is 0. The van der Waals surface area contributed by atoms with Gasteiger partial charge in [-0.2, -0.15) is 4.98 Å². The van der Waals surface area contributed by atoms with Crippen molar-refractivity contribution in [3.63, 3.8) is 0 Å². The maximum Gasteiger partial charge on any atom is 0.351 e. The van der Waals surface area contributed by atoms with Gasteiger partial charge in [-0.3, -0.25) is 9.36 Å². The molecule has 3 rings (SSSR count). The average Bonchev–Trinajstić information content (AvgIpc) is 2.98. The van der Waals surface area contributed by atoms with Crippen molar-refractivity contribution in [1.82, 2.24) is 9.55 Å². The van der Waals surface area contributed by atoms with Gasteiger partial charge in [0, 0.05) is 11.1 Å². The number of aliphatic hydroxyl groups excluding tert-OH is 2. The van der Waals surface area contributed by atoms with E-state index in [9.17, 15) is 19.8 Å². The van der Waals surface area contributed by atoms with Crippen molar-refractivity contribution in [3.05, 3.63) is 69.1 Å². The third-order valence-electron chi connectivity index (χ3n) is 4.76. The predicted molar refractivity (Wildman–Crippen MR) is 106 cm³/mol. The number of carbonyl (C=O) groups is 1. The molecule has 1 aliphatic rings. The minimum absolute atomic E-state index is 0.0584. The maximum atomic E-state index is 12.3. The first kappa shape index (κ1) is 22.2. The Labute approximate surface area is 175 Å². The number of rotatable bonds is 7. The third-order valence-corrected chi connectivity index (χ3v) is 4.76. The van der Waals surface area contributed by atoms with Crippen molar-refractivity contribution in [2.45, 2.75) is 36.6 Å². The molecule has 0 amide bonds. The zero-order valence-electron chi connectivity index (χ0n) is 16.2. The average molecular weight is 431 g/mol. The number of ether oxygens (including phenoxy) is 2. The molecule has 6 N–H and O–H groups in total. The van der Waals surface area contributed by atoms with Crippen molar-refractivity contribution in [1.29, 1.82) is 0 Å². The van der Waals surface area contributed by atoms with E-state index in [0.29, 0.717) is 0 Å². The lowest BCUT2D eigenvalue weighted by Crippen LogP contribution is -2.47. The number of nitrogens with two attached hydrogens (primary N) is 2. The number of aromatic nitrogens is 2. The van der Waals surface area contributed by atoms with Crippen molar-refractivity contribution < 1.29 is 24.5 Å². The number of azide groups is 1. The second-order valence-electron chi connectivity index (χ2n) is 6.92. The first-order valence-electron chi connectivity index (χ1n) is 9.18. The van der Waals surface area contributed by atoms with E-state index in [-0.39, 0.29) is 12.2 Å². The summed E-state index contributed by atoms with van der Waals surface area (Å²) in [6, 6.07) is 9.23. The third kappa shape index (κ3) is 4.66. The number of nitrogen functional groups attached to an aromatic ring is 1. The molecule has 2 aromatic rings. The molecule has 0 radical (unpaired) electrons. The van der Waals surface area contributed by atoms with Gasteiger partial charge >= 0.3 is 11.7 Å². The number of aliphatic hydroxyl groups is 2. The van der Waals surface area contributed by atoms with Crippen LogP contribution in [0.15, 0.2) is 52.5 Å². The van der Waals surface area contributed by atoms with Crippen LogP contribution in [0.5, 0.6) is 0 Å². The van der Waals surface area contributed by atoms with Crippen LogP contribution in [-0.4, -0.2) is 56.3 Å². The summed E-state index contributed by atoms with van der Waals surface area (Å²) in [5.41, 5.74) is 18.0. The number of hydrogen-bond donors (Lipinski definition) is 4. The zero-order valence-corrected chi connectivity index (χ0v) is 16.2. The fourth-order valence-electron chi connectivity index (χ4n) is 3.15. The summed E-state index contributed by atoms with van der Waals surface area (Å²) in [6.45, 7) is -0.746. The molecule has 1 aromatic carbocycles. The summed E-state index contributed by atoms with van der Waals surface area (Å²) < 4.78 is 11.5. The van der Waals surface area contributed by atoms with E-state index in [2.05, 4.69) is 15.0 Å². The lowest BCUT2D eigenvalue weighted by atomic mass is 10.1. The molecular formula is C18H21N7O6. The number of hydrogen-bond acceptors (Lipinski definition) is 10. The zero-order chi connectivity index (χ0) is 22.6. The van der Waals surface area contributed by atoms with Gasteiger partial charge in [-0.1, -0.05) is 35.4 Å². The molecule has 1 aromatic heterocycles. The standard InChI is InChI=1S/C18H21N7O6/c19-11(8-10-4-2-1-3-5-10)16(28)30-9-18(23-24-21)14(27)13(26)15(31-18)25-7-6-12(20)22-17(25)29/h1-7,11,13-15,26-27H,8-9,19H2,(H2,20,22,29)/t11?,13-,14+,15?,18-/m1/s1. The molecule has 2 heterocycles. The van der Waals surface area contributed by atoms with Crippen LogP contribution in [0.25, 0.3) is 10.4 Å². The topological polar surface area (TPSA) is 212 Å². The van der Waals surface area contributed by atoms with Crippen LogP contribution >= 0.6 is 0 Å². The van der Waals surface area contributed by atoms with E-state index in [0.717, 1.165) is 10.1 Å². The van der Waals surface area contributed by atoms with Crippen LogP contribution in [0, 0.1) is 0 Å². The Balaban J connectivity index is 1.76. The van der Waals surface area contributed by atoms with E-state index in [1.54, 1.807) is 24.3 Å². The molecule has 0 saturated carbocycles. The van der Waals surface area contributed by atoms with Crippen LogP contribution < -0.4 is 17.2 Å². The Morgan fingerprint density at radius 2 is 2.10 bits per heavy atom. The molecule has 13 heteroatoms. The van der Waals surface area contributed by atoms with E-state index in [1.807, 2.05) is 6.07 Å². The summed E-state index contributed by atoms with van der Waals surface area (Å²) in [7, 11) is 0. The van der Waals surface area contributed by atoms with Crippen molar-refractivity contribution >= 4 is 11.8 Å². The van der Waals surface area contributed by atoms with Crippen LogP contribution in [-0.2, 0) is 20.7 Å². The lowest BCUT2D eigenvalue weighted by molar-refractivity contribution is -0.166. The first-order valence-corrected chi connectivity index (χ1v) is 9.18. The molecule has 0 bridgehead atoms. The second-order valence-corrected chi connectivity index (χ2v) is 6.92. The quantitative estimate of drug-likeness (QED) is 0.187. The smallest absolute Gasteiger partial charge is 0.351 e. The Hall–Kier alpha value is -3.48. The number of anilines is 1. The van der Waals surface area contributed by atoms with Crippen molar-refractivity contribution in [3.8, 4) is 0 Å². The van der Waals surface area contributed by atoms with E-state index >= 15 is 0 Å². The highest BCUT2D eigenvalue weighted by Crippen LogP contribution is 2.38. The molecule has 0 spiro atoms. The van der Waals surface area contributed by atoms with Gasteiger partial charge in [-0.05, 0) is 23.6 Å². The molecule has 164 valence electrons. The van der Waals surface area contributed by atoms with Crippen LogP contribution in [0.1, 0.15) is 11.8 Å². The number of nitrogens with zero attached hydrogens (tertiary/aromatic N) is 5. The number of carbonyl (C=O) groups excluding carboxylic acids is 1. The van der Waals surface area contributed by atoms with Crippen LogP contribution in [0.3, 0.4) is 0 Å². The summed E-state index contributed by atoms with van der Waals surface area (Å²) in [6.07, 6.45) is -3.62. The highest BCUT2D eigenvalue weighted by atomic mass is 16.6. The molecule has 2 unspecified atom stereocenters.